The molecule has 5 heteroatoms. The maximum Gasteiger partial charge on any atom is 0.265 e. The maximum atomic E-state index is 11.9. The van der Waals surface area contributed by atoms with Crippen molar-refractivity contribution in [3.8, 4) is 0 Å². The van der Waals surface area contributed by atoms with Crippen molar-refractivity contribution in [1.29, 1.82) is 0 Å². The van der Waals surface area contributed by atoms with E-state index in [2.05, 4.69) is 12.0 Å². The van der Waals surface area contributed by atoms with Crippen LogP contribution >= 0.6 is 0 Å². The molecule has 1 aromatic rings. The van der Waals surface area contributed by atoms with Gasteiger partial charge in [-0.25, -0.2) is 4.68 Å². The van der Waals surface area contributed by atoms with Crippen LogP contribution in [0.25, 0.3) is 0 Å². The molecule has 1 heterocycles. The first kappa shape index (κ1) is 13.1. The largest absolute Gasteiger partial charge is 0.330 e. The molecule has 0 aromatic carbocycles. The van der Waals surface area contributed by atoms with Crippen molar-refractivity contribution in [2.75, 3.05) is 6.54 Å². The topological polar surface area (TPSA) is 80.9 Å². The van der Waals surface area contributed by atoms with Crippen LogP contribution in [0, 0.1) is 11.8 Å². The van der Waals surface area contributed by atoms with E-state index in [0.717, 1.165) is 19.3 Å². The van der Waals surface area contributed by atoms with Crippen molar-refractivity contribution in [2.24, 2.45) is 17.6 Å². The summed E-state index contributed by atoms with van der Waals surface area (Å²) in [4.78, 5) is 23.3. The van der Waals surface area contributed by atoms with Gasteiger partial charge in [0.1, 0.15) is 0 Å². The highest BCUT2D eigenvalue weighted by Gasteiger charge is 2.31. The molecule has 0 spiro atoms. The first-order valence-corrected chi connectivity index (χ1v) is 6.67. The van der Waals surface area contributed by atoms with E-state index in [1.165, 1.54) is 23.2 Å². The van der Waals surface area contributed by atoms with Gasteiger partial charge in [0, 0.05) is 12.1 Å². The summed E-state index contributed by atoms with van der Waals surface area (Å²) < 4.78 is 1.49. The Morgan fingerprint density at radius 1 is 1.39 bits per heavy atom. The Hall–Kier alpha value is -1.36. The van der Waals surface area contributed by atoms with Crippen molar-refractivity contribution in [3.63, 3.8) is 0 Å². The minimum Gasteiger partial charge on any atom is -0.330 e. The van der Waals surface area contributed by atoms with Crippen LogP contribution in [-0.2, 0) is 0 Å². The summed E-state index contributed by atoms with van der Waals surface area (Å²) in [6.45, 7) is 2.73. The lowest BCUT2D eigenvalue weighted by atomic mass is 9.77. The van der Waals surface area contributed by atoms with Gasteiger partial charge < -0.3 is 5.73 Å². The third-order valence-electron chi connectivity index (χ3n) is 4.12. The van der Waals surface area contributed by atoms with Gasteiger partial charge in [-0.15, -0.1) is 0 Å². The van der Waals surface area contributed by atoms with Gasteiger partial charge >= 0.3 is 0 Å². The maximum absolute atomic E-state index is 11.9. The molecule has 0 radical (unpaired) electrons. The molecule has 3 N–H and O–H groups in total. The van der Waals surface area contributed by atoms with Crippen molar-refractivity contribution in [1.82, 2.24) is 9.78 Å². The Labute approximate surface area is 106 Å². The molecule has 3 atom stereocenters. The summed E-state index contributed by atoms with van der Waals surface area (Å²) in [5, 5.41) is 2.65. The van der Waals surface area contributed by atoms with Gasteiger partial charge in [-0.05, 0) is 37.6 Å². The van der Waals surface area contributed by atoms with E-state index in [9.17, 15) is 9.59 Å². The van der Waals surface area contributed by atoms with Gasteiger partial charge in [0.2, 0.25) is 0 Å². The molecule has 5 nitrogen and oxygen atoms in total. The summed E-state index contributed by atoms with van der Waals surface area (Å²) in [6, 6.07) is 2.65. The van der Waals surface area contributed by atoms with Crippen LogP contribution < -0.4 is 16.9 Å². The summed E-state index contributed by atoms with van der Waals surface area (Å²) in [7, 11) is 0. The van der Waals surface area contributed by atoms with E-state index in [1.807, 2.05) is 0 Å². The average molecular weight is 251 g/mol. The van der Waals surface area contributed by atoms with Gasteiger partial charge in [-0.3, -0.25) is 14.7 Å². The third kappa shape index (κ3) is 2.56. The van der Waals surface area contributed by atoms with Crippen LogP contribution in [0.15, 0.2) is 21.7 Å². The lowest BCUT2D eigenvalue weighted by molar-refractivity contribution is 0.167. The number of aromatic amines is 1. The number of H-pyrrole nitrogens is 1. The van der Waals surface area contributed by atoms with Crippen molar-refractivity contribution < 1.29 is 0 Å². The number of nitrogens with zero attached hydrogens (tertiary/aromatic N) is 1. The highest BCUT2D eigenvalue weighted by Crippen LogP contribution is 2.36. The van der Waals surface area contributed by atoms with Crippen LogP contribution in [0.5, 0.6) is 0 Å². The van der Waals surface area contributed by atoms with E-state index in [4.69, 9.17) is 5.73 Å². The minimum absolute atomic E-state index is 0.0371. The molecule has 0 saturated heterocycles. The summed E-state index contributed by atoms with van der Waals surface area (Å²) in [5.41, 5.74) is 5.42. The lowest BCUT2D eigenvalue weighted by Crippen LogP contribution is -2.40. The molecule has 100 valence electrons. The monoisotopic (exact) mass is 251 g/mol. The summed E-state index contributed by atoms with van der Waals surface area (Å²) in [6.07, 6.45) is 4.24. The first-order valence-electron chi connectivity index (χ1n) is 6.67. The average Bonchev–Trinajstić information content (AvgIpc) is 2.40. The molecule has 1 fully saturated rings. The van der Waals surface area contributed by atoms with E-state index >= 15 is 0 Å². The summed E-state index contributed by atoms with van der Waals surface area (Å²) >= 11 is 0. The fourth-order valence-electron chi connectivity index (χ4n) is 2.94. The summed E-state index contributed by atoms with van der Waals surface area (Å²) in [5.74, 6) is 0.900. The van der Waals surface area contributed by atoms with Crippen LogP contribution in [0.4, 0.5) is 0 Å². The Morgan fingerprint density at radius 2 is 2.17 bits per heavy atom. The second kappa shape index (κ2) is 5.52. The molecule has 1 aromatic heterocycles. The molecule has 3 unspecified atom stereocenters. The zero-order valence-corrected chi connectivity index (χ0v) is 10.8. The molecule has 0 bridgehead atoms. The van der Waals surface area contributed by atoms with E-state index in [0.29, 0.717) is 12.5 Å². The number of aromatic nitrogens is 2. The molecule has 0 aliphatic heterocycles. The van der Waals surface area contributed by atoms with Crippen molar-refractivity contribution in [2.45, 2.75) is 38.6 Å². The Morgan fingerprint density at radius 3 is 2.83 bits per heavy atom. The highest BCUT2D eigenvalue weighted by molar-refractivity contribution is 4.91. The molecule has 18 heavy (non-hydrogen) atoms. The molecule has 1 saturated carbocycles. The van der Waals surface area contributed by atoms with Gasteiger partial charge in [-0.1, -0.05) is 13.3 Å². The molecule has 1 aliphatic rings. The smallest absolute Gasteiger partial charge is 0.265 e. The number of nitrogens with two attached hydrogens (primary N) is 1. The zero-order chi connectivity index (χ0) is 13.1. The fourth-order valence-corrected chi connectivity index (χ4v) is 2.94. The van der Waals surface area contributed by atoms with Crippen LogP contribution in [0.1, 0.15) is 38.6 Å². The normalized spacial score (nSPS) is 28.2. The Bertz CT molecular complexity index is 505. The lowest BCUT2D eigenvalue weighted by Gasteiger charge is -2.35. The Kier molecular flexibility index (Phi) is 4.01. The van der Waals surface area contributed by atoms with Gasteiger partial charge in [0.05, 0.1) is 6.04 Å². The van der Waals surface area contributed by atoms with Crippen molar-refractivity contribution in [3.05, 3.63) is 32.8 Å². The first-order chi connectivity index (χ1) is 8.65. The molecular formula is C13H21N3O2. The highest BCUT2D eigenvalue weighted by atomic mass is 16.1. The van der Waals surface area contributed by atoms with Crippen molar-refractivity contribution >= 4 is 0 Å². The molecule has 2 rings (SSSR count). The van der Waals surface area contributed by atoms with Gasteiger partial charge in [-0.2, -0.15) is 0 Å². The number of rotatable bonds is 3. The van der Waals surface area contributed by atoms with Gasteiger partial charge in [0.15, 0.2) is 0 Å². The third-order valence-corrected chi connectivity index (χ3v) is 4.12. The number of hydrogen-bond donors (Lipinski definition) is 2. The number of nitrogens with one attached hydrogen (secondary N) is 1. The molecular weight excluding hydrogens is 230 g/mol. The number of hydrogen-bond acceptors (Lipinski definition) is 3. The quantitative estimate of drug-likeness (QED) is 0.836. The van der Waals surface area contributed by atoms with E-state index in [-0.39, 0.29) is 23.1 Å². The Balaban J connectivity index is 2.35. The predicted octanol–water partition coefficient (Wildman–Crippen LogP) is 0.863. The second-order valence-electron chi connectivity index (χ2n) is 5.17. The second-order valence-corrected chi connectivity index (χ2v) is 5.17. The zero-order valence-electron chi connectivity index (χ0n) is 10.8. The predicted molar refractivity (Wildman–Crippen MR) is 70.5 cm³/mol. The van der Waals surface area contributed by atoms with Crippen LogP contribution in [-0.4, -0.2) is 16.3 Å². The molecule has 0 amide bonds. The fraction of sp³-hybridized carbons (Fsp3) is 0.692. The van der Waals surface area contributed by atoms with E-state index in [1.54, 1.807) is 0 Å². The minimum atomic E-state index is -0.232. The van der Waals surface area contributed by atoms with Crippen LogP contribution in [0.2, 0.25) is 0 Å². The van der Waals surface area contributed by atoms with E-state index < -0.39 is 0 Å². The molecule has 1 aliphatic carbocycles. The SMILES string of the molecule is CCC1CCC(CN)C(n2[nH]c(=O)ccc2=O)C1. The van der Waals surface area contributed by atoms with Crippen LogP contribution in [0.3, 0.4) is 0 Å². The standard InChI is InChI=1S/C13H21N3O2/c1-2-9-3-4-10(8-14)11(7-9)16-13(18)6-5-12(17)15-16/h5-6,9-11H,2-4,7-8,14H2,1H3,(H,15,17). The van der Waals surface area contributed by atoms with Gasteiger partial charge in [0.25, 0.3) is 11.1 Å².